The van der Waals surface area contributed by atoms with E-state index < -0.39 is 0 Å². The molecule has 0 radical (unpaired) electrons. The van der Waals surface area contributed by atoms with Gasteiger partial charge in [0.05, 0.1) is 0 Å². The first kappa shape index (κ1) is 10.6. The zero-order valence-corrected chi connectivity index (χ0v) is 10.5. The summed E-state index contributed by atoms with van der Waals surface area (Å²) in [7, 11) is 0. The molecule has 2 aliphatic carbocycles. The van der Waals surface area contributed by atoms with Gasteiger partial charge >= 0.3 is 0 Å². The SMILES string of the molecule is CCc1ccc2cc1C2(CC)c1ccccc1. The summed E-state index contributed by atoms with van der Waals surface area (Å²) in [6.07, 6.45) is 2.29. The molecule has 0 heteroatoms. The predicted molar refractivity (Wildman–Crippen MR) is 72.4 cm³/mol. The fourth-order valence-corrected chi connectivity index (χ4v) is 3.27. The van der Waals surface area contributed by atoms with E-state index in [-0.39, 0.29) is 5.41 Å². The molecule has 1 unspecified atom stereocenters. The van der Waals surface area contributed by atoms with Gasteiger partial charge < -0.3 is 0 Å². The quantitative estimate of drug-likeness (QED) is 0.726. The second kappa shape index (κ2) is 3.73. The Bertz CT molecular complexity index is 535. The maximum atomic E-state index is 2.37. The van der Waals surface area contributed by atoms with E-state index in [0.717, 1.165) is 12.8 Å². The minimum absolute atomic E-state index is 0.196. The molecule has 2 aromatic rings. The van der Waals surface area contributed by atoms with Crippen LogP contribution in [0, 0.1) is 0 Å². The van der Waals surface area contributed by atoms with E-state index in [2.05, 4.69) is 62.4 Å². The number of hydrogen-bond acceptors (Lipinski definition) is 0. The second-order valence-electron chi connectivity index (χ2n) is 4.85. The Hall–Kier alpha value is -1.56. The fraction of sp³-hybridized carbons (Fsp3) is 0.294. The third-order valence-electron chi connectivity index (χ3n) is 4.24. The number of hydrogen-bond donors (Lipinski definition) is 0. The Morgan fingerprint density at radius 1 is 0.882 bits per heavy atom. The molecular weight excluding hydrogens is 204 g/mol. The largest absolute Gasteiger partial charge is 0.0639 e. The Labute approximate surface area is 103 Å². The number of fused-ring (bicyclic) bond motifs is 2. The van der Waals surface area contributed by atoms with E-state index in [1.54, 1.807) is 5.56 Å². The van der Waals surface area contributed by atoms with Gasteiger partial charge in [-0.15, -0.1) is 0 Å². The molecule has 0 aliphatic heterocycles. The zero-order valence-electron chi connectivity index (χ0n) is 10.5. The van der Waals surface area contributed by atoms with Gasteiger partial charge in [0, 0.05) is 5.41 Å². The minimum atomic E-state index is 0.196. The maximum absolute atomic E-state index is 2.37. The summed E-state index contributed by atoms with van der Waals surface area (Å²) in [4.78, 5) is 0. The van der Waals surface area contributed by atoms with Crippen LogP contribution in [-0.4, -0.2) is 0 Å². The molecule has 0 heterocycles. The average molecular weight is 222 g/mol. The van der Waals surface area contributed by atoms with Crippen LogP contribution in [0.25, 0.3) is 0 Å². The van der Waals surface area contributed by atoms with Crippen molar-refractivity contribution >= 4 is 0 Å². The van der Waals surface area contributed by atoms with Crippen LogP contribution >= 0.6 is 0 Å². The van der Waals surface area contributed by atoms with E-state index in [1.807, 2.05) is 0 Å². The van der Waals surface area contributed by atoms with E-state index >= 15 is 0 Å². The minimum Gasteiger partial charge on any atom is -0.0639 e. The van der Waals surface area contributed by atoms with Gasteiger partial charge in [0.1, 0.15) is 0 Å². The van der Waals surface area contributed by atoms with Crippen molar-refractivity contribution in [2.24, 2.45) is 0 Å². The molecule has 4 rings (SSSR count). The lowest BCUT2D eigenvalue weighted by Crippen LogP contribution is -2.36. The van der Waals surface area contributed by atoms with Gasteiger partial charge in [-0.3, -0.25) is 0 Å². The average Bonchev–Trinajstić information content (AvgIpc) is 2.41. The first-order valence-electron chi connectivity index (χ1n) is 6.52. The van der Waals surface area contributed by atoms with Gasteiger partial charge in [-0.2, -0.15) is 0 Å². The summed E-state index contributed by atoms with van der Waals surface area (Å²) >= 11 is 0. The molecule has 1 atom stereocenters. The molecule has 2 aliphatic rings. The van der Waals surface area contributed by atoms with Gasteiger partial charge in [0.2, 0.25) is 0 Å². The van der Waals surface area contributed by atoms with E-state index in [0.29, 0.717) is 0 Å². The summed E-state index contributed by atoms with van der Waals surface area (Å²) in [5.74, 6) is 0. The highest BCUT2D eigenvalue weighted by atomic mass is 14.4. The van der Waals surface area contributed by atoms with Crippen molar-refractivity contribution in [3.63, 3.8) is 0 Å². The summed E-state index contributed by atoms with van der Waals surface area (Å²) in [5, 5.41) is 0. The highest BCUT2D eigenvalue weighted by molar-refractivity contribution is 5.62. The lowest BCUT2D eigenvalue weighted by atomic mass is 9.59. The Kier molecular flexibility index (Phi) is 2.32. The second-order valence-corrected chi connectivity index (χ2v) is 4.85. The third kappa shape index (κ3) is 1.24. The topological polar surface area (TPSA) is 0 Å². The molecular formula is C17H18. The van der Waals surface area contributed by atoms with Crippen LogP contribution < -0.4 is 0 Å². The van der Waals surface area contributed by atoms with Crippen LogP contribution in [0.4, 0.5) is 0 Å². The summed E-state index contributed by atoms with van der Waals surface area (Å²) in [5.41, 5.74) is 6.18. The standard InChI is InChI=1S/C17H18/c1-3-13-10-11-15-12-16(13)17(15,4-2)14-8-6-5-7-9-14/h5-12H,3-4H2,1-2H3. The molecule has 0 saturated carbocycles. The summed E-state index contributed by atoms with van der Waals surface area (Å²) < 4.78 is 0. The maximum Gasteiger partial charge on any atom is 0.0451 e. The highest BCUT2D eigenvalue weighted by Crippen LogP contribution is 2.50. The molecule has 17 heavy (non-hydrogen) atoms. The monoisotopic (exact) mass is 222 g/mol. The predicted octanol–water partition coefficient (Wildman–Crippen LogP) is 4.31. The van der Waals surface area contributed by atoms with Crippen LogP contribution in [0.15, 0.2) is 48.5 Å². The van der Waals surface area contributed by atoms with Gasteiger partial charge in [-0.25, -0.2) is 0 Å². The lowest BCUT2D eigenvalue weighted by Gasteiger charge is -2.44. The number of aryl methyl sites for hydroxylation is 1. The zero-order chi connectivity index (χ0) is 11.9. The fourth-order valence-electron chi connectivity index (χ4n) is 3.27. The van der Waals surface area contributed by atoms with E-state index in [9.17, 15) is 0 Å². The lowest BCUT2D eigenvalue weighted by molar-refractivity contribution is 0.548. The number of rotatable bonds is 3. The number of benzene rings is 2. The van der Waals surface area contributed by atoms with E-state index in [4.69, 9.17) is 0 Å². The molecule has 0 spiro atoms. The van der Waals surface area contributed by atoms with Crippen LogP contribution in [0.5, 0.6) is 0 Å². The van der Waals surface area contributed by atoms with Crippen LogP contribution in [0.2, 0.25) is 0 Å². The van der Waals surface area contributed by atoms with Crippen molar-refractivity contribution in [3.05, 3.63) is 70.8 Å². The molecule has 2 bridgehead atoms. The van der Waals surface area contributed by atoms with Crippen molar-refractivity contribution in [3.8, 4) is 0 Å². The summed E-state index contributed by atoms with van der Waals surface area (Å²) in [6.45, 7) is 4.54. The molecule has 86 valence electrons. The molecule has 0 nitrogen and oxygen atoms in total. The Morgan fingerprint density at radius 3 is 2.24 bits per heavy atom. The molecule has 0 amide bonds. The Morgan fingerprint density at radius 2 is 1.65 bits per heavy atom. The van der Waals surface area contributed by atoms with Crippen molar-refractivity contribution in [2.45, 2.75) is 32.1 Å². The Balaban J connectivity index is 2.18. The van der Waals surface area contributed by atoms with Gasteiger partial charge in [-0.1, -0.05) is 62.4 Å². The van der Waals surface area contributed by atoms with Crippen molar-refractivity contribution in [2.75, 3.05) is 0 Å². The van der Waals surface area contributed by atoms with Gasteiger partial charge in [-0.05, 0) is 35.1 Å². The first-order valence-corrected chi connectivity index (χ1v) is 6.52. The normalized spacial score (nSPS) is 21.1. The van der Waals surface area contributed by atoms with Crippen LogP contribution in [0.3, 0.4) is 0 Å². The van der Waals surface area contributed by atoms with Gasteiger partial charge in [0.15, 0.2) is 0 Å². The van der Waals surface area contributed by atoms with E-state index in [1.165, 1.54) is 16.7 Å². The van der Waals surface area contributed by atoms with Gasteiger partial charge in [0.25, 0.3) is 0 Å². The molecule has 0 N–H and O–H groups in total. The third-order valence-corrected chi connectivity index (χ3v) is 4.24. The smallest absolute Gasteiger partial charge is 0.0451 e. The van der Waals surface area contributed by atoms with Crippen molar-refractivity contribution in [1.29, 1.82) is 0 Å². The molecule has 0 saturated heterocycles. The van der Waals surface area contributed by atoms with Crippen LogP contribution in [0.1, 0.15) is 42.5 Å². The molecule has 0 aromatic heterocycles. The highest BCUT2D eigenvalue weighted by Gasteiger charge is 2.42. The first-order chi connectivity index (χ1) is 8.32. The summed E-state index contributed by atoms with van der Waals surface area (Å²) in [6, 6.07) is 17.9. The van der Waals surface area contributed by atoms with Crippen LogP contribution in [-0.2, 0) is 11.8 Å². The van der Waals surface area contributed by atoms with Crippen molar-refractivity contribution in [1.82, 2.24) is 0 Å². The molecule has 0 fully saturated rings. The molecule has 2 aromatic carbocycles. The van der Waals surface area contributed by atoms with Crippen molar-refractivity contribution < 1.29 is 0 Å².